The molecule has 0 bridgehead atoms. The Balaban J connectivity index is 2.03. The Morgan fingerprint density at radius 3 is 2.62 bits per heavy atom. The van der Waals surface area contributed by atoms with Gasteiger partial charge in [-0.15, -0.1) is 0 Å². The molecule has 1 aromatic heterocycles. The second-order valence-corrected chi connectivity index (χ2v) is 3.66. The van der Waals surface area contributed by atoms with E-state index in [1.165, 1.54) is 0 Å². The maximum atomic E-state index is 5.73. The first-order chi connectivity index (χ1) is 7.75. The molecule has 0 unspecified atom stereocenters. The number of hydrogen-bond acceptors (Lipinski definition) is 3. The molecule has 2 rings (SSSR count). The normalized spacial score (nSPS) is 10.1. The molecule has 82 valence electrons. The molecule has 2 N–H and O–H groups in total. The molecule has 0 spiro atoms. The van der Waals surface area contributed by atoms with Gasteiger partial charge in [-0.1, -0.05) is 0 Å². The van der Waals surface area contributed by atoms with Crippen molar-refractivity contribution in [2.45, 2.75) is 13.5 Å². The Morgan fingerprint density at radius 1 is 1.19 bits per heavy atom. The lowest BCUT2D eigenvalue weighted by Gasteiger charge is -2.07. The van der Waals surface area contributed by atoms with Crippen LogP contribution in [-0.4, -0.2) is 4.98 Å². The summed E-state index contributed by atoms with van der Waals surface area (Å²) in [5.74, 6) is 0.837. The van der Waals surface area contributed by atoms with E-state index in [1.54, 1.807) is 12.4 Å². The lowest BCUT2D eigenvalue weighted by Crippen LogP contribution is -1.96. The predicted molar refractivity (Wildman–Crippen MR) is 64.2 cm³/mol. The average Bonchev–Trinajstić information content (AvgIpc) is 2.32. The van der Waals surface area contributed by atoms with Crippen LogP contribution in [0.2, 0.25) is 0 Å². The third-order valence-electron chi connectivity index (χ3n) is 2.40. The predicted octanol–water partition coefficient (Wildman–Crippen LogP) is 2.55. The molecular weight excluding hydrogens is 200 g/mol. The summed E-state index contributed by atoms with van der Waals surface area (Å²) in [7, 11) is 0. The summed E-state index contributed by atoms with van der Waals surface area (Å²) in [6.45, 7) is 2.51. The van der Waals surface area contributed by atoms with Crippen LogP contribution in [0.4, 0.5) is 5.69 Å². The van der Waals surface area contributed by atoms with E-state index in [-0.39, 0.29) is 0 Å². The molecule has 0 aliphatic rings. The SMILES string of the molecule is Cc1cc(OCc2ccncc2)ccc1N. The summed E-state index contributed by atoms with van der Waals surface area (Å²) in [6, 6.07) is 9.55. The Morgan fingerprint density at radius 2 is 1.94 bits per heavy atom. The smallest absolute Gasteiger partial charge is 0.120 e. The fourth-order valence-corrected chi connectivity index (χ4v) is 1.38. The van der Waals surface area contributed by atoms with E-state index in [0.717, 1.165) is 22.6 Å². The van der Waals surface area contributed by atoms with Gasteiger partial charge in [-0.2, -0.15) is 0 Å². The summed E-state index contributed by atoms with van der Waals surface area (Å²) >= 11 is 0. The zero-order valence-electron chi connectivity index (χ0n) is 9.18. The summed E-state index contributed by atoms with van der Waals surface area (Å²) < 4.78 is 5.64. The van der Waals surface area contributed by atoms with Gasteiger partial charge >= 0.3 is 0 Å². The third-order valence-corrected chi connectivity index (χ3v) is 2.40. The molecule has 0 fully saturated rings. The van der Waals surface area contributed by atoms with E-state index in [1.807, 2.05) is 37.3 Å². The number of nitrogen functional groups attached to an aromatic ring is 1. The molecule has 1 aromatic carbocycles. The molecule has 1 heterocycles. The number of benzene rings is 1. The van der Waals surface area contributed by atoms with Gasteiger partial charge in [0.1, 0.15) is 12.4 Å². The van der Waals surface area contributed by atoms with Crippen LogP contribution in [-0.2, 0) is 6.61 Å². The Bertz CT molecular complexity index is 469. The summed E-state index contributed by atoms with van der Waals surface area (Å²) in [5.41, 5.74) is 8.66. The standard InChI is InChI=1S/C13H14N2O/c1-10-8-12(2-3-13(10)14)16-9-11-4-6-15-7-5-11/h2-8H,9,14H2,1H3. The van der Waals surface area contributed by atoms with Crippen molar-refractivity contribution in [3.8, 4) is 5.75 Å². The van der Waals surface area contributed by atoms with Crippen molar-refractivity contribution >= 4 is 5.69 Å². The lowest BCUT2D eigenvalue weighted by atomic mass is 10.2. The first-order valence-electron chi connectivity index (χ1n) is 5.13. The molecule has 3 nitrogen and oxygen atoms in total. The minimum atomic E-state index is 0.547. The van der Waals surface area contributed by atoms with Crippen molar-refractivity contribution in [3.05, 3.63) is 53.9 Å². The van der Waals surface area contributed by atoms with Gasteiger partial charge in [0.25, 0.3) is 0 Å². The van der Waals surface area contributed by atoms with Crippen LogP contribution in [0.15, 0.2) is 42.7 Å². The number of aromatic nitrogens is 1. The topological polar surface area (TPSA) is 48.1 Å². The number of pyridine rings is 1. The largest absolute Gasteiger partial charge is 0.489 e. The third kappa shape index (κ3) is 2.51. The Kier molecular flexibility index (Phi) is 3.05. The first kappa shape index (κ1) is 10.5. The summed E-state index contributed by atoms with van der Waals surface area (Å²) in [6.07, 6.45) is 3.51. The van der Waals surface area contributed by atoms with Gasteiger partial charge in [0, 0.05) is 18.1 Å². The Hall–Kier alpha value is -2.03. The van der Waals surface area contributed by atoms with E-state index in [2.05, 4.69) is 4.98 Å². The van der Waals surface area contributed by atoms with Crippen LogP contribution in [0, 0.1) is 6.92 Å². The monoisotopic (exact) mass is 214 g/mol. The number of nitrogens with two attached hydrogens (primary N) is 1. The van der Waals surface area contributed by atoms with E-state index in [9.17, 15) is 0 Å². The van der Waals surface area contributed by atoms with Crippen LogP contribution < -0.4 is 10.5 Å². The number of aryl methyl sites for hydroxylation is 1. The zero-order chi connectivity index (χ0) is 11.4. The van der Waals surface area contributed by atoms with Gasteiger partial charge in [-0.25, -0.2) is 0 Å². The van der Waals surface area contributed by atoms with Crippen LogP contribution in [0.5, 0.6) is 5.75 Å². The van der Waals surface area contributed by atoms with E-state index >= 15 is 0 Å². The minimum Gasteiger partial charge on any atom is -0.489 e. The lowest BCUT2D eigenvalue weighted by molar-refractivity contribution is 0.306. The quantitative estimate of drug-likeness (QED) is 0.799. The Labute approximate surface area is 94.9 Å². The second kappa shape index (κ2) is 4.66. The molecule has 2 aromatic rings. The molecule has 0 radical (unpaired) electrons. The van der Waals surface area contributed by atoms with Crippen molar-refractivity contribution in [3.63, 3.8) is 0 Å². The molecule has 0 saturated heterocycles. The molecule has 0 amide bonds. The summed E-state index contributed by atoms with van der Waals surface area (Å²) in [4.78, 5) is 3.95. The molecule has 16 heavy (non-hydrogen) atoms. The number of anilines is 1. The van der Waals surface area contributed by atoms with Crippen molar-refractivity contribution in [2.75, 3.05) is 5.73 Å². The molecule has 0 atom stereocenters. The highest BCUT2D eigenvalue weighted by Crippen LogP contribution is 2.19. The highest BCUT2D eigenvalue weighted by molar-refractivity contribution is 5.49. The van der Waals surface area contributed by atoms with Crippen molar-refractivity contribution in [2.24, 2.45) is 0 Å². The molecule has 0 saturated carbocycles. The highest BCUT2D eigenvalue weighted by Gasteiger charge is 1.98. The van der Waals surface area contributed by atoms with E-state index < -0.39 is 0 Å². The van der Waals surface area contributed by atoms with Gasteiger partial charge in [-0.3, -0.25) is 4.98 Å². The average molecular weight is 214 g/mol. The fraction of sp³-hybridized carbons (Fsp3) is 0.154. The van der Waals surface area contributed by atoms with Gasteiger partial charge in [-0.05, 0) is 48.4 Å². The second-order valence-electron chi connectivity index (χ2n) is 3.66. The van der Waals surface area contributed by atoms with Crippen LogP contribution in [0.25, 0.3) is 0 Å². The van der Waals surface area contributed by atoms with E-state index in [4.69, 9.17) is 10.5 Å². The van der Waals surface area contributed by atoms with Crippen molar-refractivity contribution < 1.29 is 4.74 Å². The number of nitrogens with zero attached hydrogens (tertiary/aromatic N) is 1. The highest BCUT2D eigenvalue weighted by atomic mass is 16.5. The summed E-state index contributed by atoms with van der Waals surface area (Å²) in [5, 5.41) is 0. The minimum absolute atomic E-state index is 0.547. The van der Waals surface area contributed by atoms with Crippen molar-refractivity contribution in [1.29, 1.82) is 0 Å². The molecule has 0 aliphatic heterocycles. The van der Waals surface area contributed by atoms with E-state index in [0.29, 0.717) is 6.61 Å². The number of ether oxygens (including phenoxy) is 1. The molecular formula is C13H14N2O. The van der Waals surface area contributed by atoms with Crippen LogP contribution >= 0.6 is 0 Å². The molecule has 3 heteroatoms. The molecule has 0 aliphatic carbocycles. The van der Waals surface area contributed by atoms with Gasteiger partial charge < -0.3 is 10.5 Å². The maximum absolute atomic E-state index is 5.73. The van der Waals surface area contributed by atoms with Gasteiger partial charge in [0.2, 0.25) is 0 Å². The zero-order valence-corrected chi connectivity index (χ0v) is 9.18. The maximum Gasteiger partial charge on any atom is 0.120 e. The number of hydrogen-bond donors (Lipinski definition) is 1. The van der Waals surface area contributed by atoms with Crippen LogP contribution in [0.1, 0.15) is 11.1 Å². The number of rotatable bonds is 3. The van der Waals surface area contributed by atoms with Gasteiger partial charge in [0.15, 0.2) is 0 Å². The first-order valence-corrected chi connectivity index (χ1v) is 5.13. The van der Waals surface area contributed by atoms with Crippen LogP contribution in [0.3, 0.4) is 0 Å². The van der Waals surface area contributed by atoms with Crippen molar-refractivity contribution in [1.82, 2.24) is 4.98 Å². The fourth-order valence-electron chi connectivity index (χ4n) is 1.38. The van der Waals surface area contributed by atoms with Gasteiger partial charge in [0.05, 0.1) is 0 Å².